The lowest BCUT2D eigenvalue weighted by atomic mass is 9.65. The molecule has 2 rings (SSSR count). The Kier molecular flexibility index (Phi) is 5.89. The highest BCUT2D eigenvalue weighted by molar-refractivity contribution is 5.93. The molecule has 1 amide bonds. The molecular weight excluding hydrogens is 302 g/mol. The second-order valence-corrected chi connectivity index (χ2v) is 7.36. The number of hydrogen-bond acceptors (Lipinski definition) is 4. The minimum absolute atomic E-state index is 0.0163. The lowest BCUT2D eigenvalue weighted by Crippen LogP contribution is -2.46. The van der Waals surface area contributed by atoms with E-state index in [-0.39, 0.29) is 35.0 Å². The maximum absolute atomic E-state index is 12.8. The first-order chi connectivity index (χ1) is 11.3. The molecule has 1 aliphatic carbocycles. The second kappa shape index (κ2) is 7.71. The number of Topliss-reactive ketones (excluding diaryl/α,β-unsaturated/α-hetero) is 1. The molecular formula is C19H27N3O2. The molecule has 0 unspecified atom stereocenters. The van der Waals surface area contributed by atoms with Gasteiger partial charge in [0, 0.05) is 36.3 Å². The Balaban J connectivity index is 1.88. The van der Waals surface area contributed by atoms with Gasteiger partial charge in [-0.15, -0.1) is 0 Å². The lowest BCUT2D eigenvalue weighted by molar-refractivity contribution is -0.128. The highest BCUT2D eigenvalue weighted by Gasteiger charge is 2.39. The molecule has 3 atom stereocenters. The van der Waals surface area contributed by atoms with Crippen molar-refractivity contribution < 1.29 is 9.59 Å². The van der Waals surface area contributed by atoms with Crippen LogP contribution < -0.4 is 10.9 Å². The van der Waals surface area contributed by atoms with E-state index in [2.05, 4.69) is 48.8 Å². The summed E-state index contributed by atoms with van der Waals surface area (Å²) in [5.41, 5.74) is 6.10. The number of aromatic nitrogens is 1. The maximum Gasteiger partial charge on any atom is 0.265 e. The molecule has 5 heteroatoms. The van der Waals surface area contributed by atoms with Crippen molar-refractivity contribution in [1.82, 2.24) is 15.8 Å². The van der Waals surface area contributed by atoms with Crippen molar-refractivity contribution in [3.8, 4) is 0 Å². The third kappa shape index (κ3) is 4.51. The highest BCUT2D eigenvalue weighted by Crippen LogP contribution is 2.41. The van der Waals surface area contributed by atoms with Gasteiger partial charge < -0.3 is 0 Å². The Morgan fingerprint density at radius 2 is 2.00 bits per heavy atom. The molecule has 0 spiro atoms. The SMILES string of the molecule is C[C@H](CC(=O)[C@@H]1[C@@H](C)C=CCC1(C)C)NNC(=O)c1ccncc1. The molecule has 0 aromatic carbocycles. The molecule has 0 radical (unpaired) electrons. The monoisotopic (exact) mass is 329 g/mol. The summed E-state index contributed by atoms with van der Waals surface area (Å²) in [6, 6.07) is 3.16. The second-order valence-electron chi connectivity index (χ2n) is 7.36. The van der Waals surface area contributed by atoms with Crippen molar-refractivity contribution in [2.45, 2.75) is 46.6 Å². The van der Waals surface area contributed by atoms with Crippen LogP contribution in [0.4, 0.5) is 0 Å². The minimum atomic E-state index is -0.231. The number of allylic oxidation sites excluding steroid dienone is 2. The number of nitrogens with zero attached hydrogens (tertiary/aromatic N) is 1. The summed E-state index contributed by atoms with van der Waals surface area (Å²) < 4.78 is 0. The number of carbonyl (C=O) groups excluding carboxylic acids is 2. The van der Waals surface area contributed by atoms with Crippen LogP contribution in [0.5, 0.6) is 0 Å². The number of nitrogens with one attached hydrogen (secondary N) is 2. The molecule has 1 aromatic rings. The van der Waals surface area contributed by atoms with Gasteiger partial charge in [-0.05, 0) is 36.8 Å². The molecule has 0 fully saturated rings. The van der Waals surface area contributed by atoms with Gasteiger partial charge in [0.15, 0.2) is 0 Å². The number of hydrazine groups is 1. The van der Waals surface area contributed by atoms with Gasteiger partial charge >= 0.3 is 0 Å². The maximum atomic E-state index is 12.8. The van der Waals surface area contributed by atoms with Crippen molar-refractivity contribution >= 4 is 11.7 Å². The fourth-order valence-electron chi connectivity index (χ4n) is 3.51. The number of amides is 1. The van der Waals surface area contributed by atoms with E-state index in [1.54, 1.807) is 24.5 Å². The van der Waals surface area contributed by atoms with Crippen molar-refractivity contribution in [3.63, 3.8) is 0 Å². The molecule has 0 bridgehead atoms. The minimum Gasteiger partial charge on any atom is -0.299 e. The molecule has 5 nitrogen and oxygen atoms in total. The van der Waals surface area contributed by atoms with Crippen LogP contribution in [0.25, 0.3) is 0 Å². The summed E-state index contributed by atoms with van der Waals surface area (Å²) in [5.74, 6) is 0.281. The van der Waals surface area contributed by atoms with E-state index in [0.29, 0.717) is 12.0 Å². The summed E-state index contributed by atoms with van der Waals surface area (Å²) in [6.07, 6.45) is 8.77. The standard InChI is InChI=1S/C19H27N3O2/c1-13-6-5-9-19(3,4)17(13)16(23)12-14(2)21-22-18(24)15-7-10-20-11-8-15/h5-8,10-11,13-14,17,21H,9,12H2,1-4H3,(H,22,24)/t13-,14+,17-/m0/s1. The van der Waals surface area contributed by atoms with E-state index in [4.69, 9.17) is 0 Å². The van der Waals surface area contributed by atoms with Crippen LogP contribution in [0.2, 0.25) is 0 Å². The number of pyridine rings is 1. The van der Waals surface area contributed by atoms with Gasteiger partial charge in [0.1, 0.15) is 5.78 Å². The Morgan fingerprint density at radius 3 is 2.62 bits per heavy atom. The van der Waals surface area contributed by atoms with Crippen LogP contribution in [0.3, 0.4) is 0 Å². The van der Waals surface area contributed by atoms with Gasteiger partial charge in [0.25, 0.3) is 5.91 Å². The molecule has 0 aliphatic heterocycles. The van der Waals surface area contributed by atoms with Crippen molar-refractivity contribution in [3.05, 3.63) is 42.2 Å². The topological polar surface area (TPSA) is 71.1 Å². The van der Waals surface area contributed by atoms with Gasteiger partial charge in [-0.3, -0.25) is 20.0 Å². The van der Waals surface area contributed by atoms with Gasteiger partial charge in [0.2, 0.25) is 0 Å². The normalized spacial score (nSPS) is 23.5. The van der Waals surface area contributed by atoms with Gasteiger partial charge in [-0.2, -0.15) is 0 Å². The first-order valence-corrected chi connectivity index (χ1v) is 8.46. The van der Waals surface area contributed by atoms with E-state index in [0.717, 1.165) is 6.42 Å². The predicted octanol–water partition coefficient (Wildman–Crippen LogP) is 2.90. The molecule has 2 N–H and O–H groups in total. The zero-order valence-electron chi connectivity index (χ0n) is 14.9. The molecule has 1 heterocycles. The summed E-state index contributed by atoms with van der Waals surface area (Å²) >= 11 is 0. The Bertz CT molecular complexity index is 610. The van der Waals surface area contributed by atoms with Crippen LogP contribution in [0.15, 0.2) is 36.7 Å². The Labute approximate surface area is 143 Å². The number of rotatable bonds is 6. The molecule has 0 saturated carbocycles. The van der Waals surface area contributed by atoms with E-state index in [1.807, 2.05) is 6.92 Å². The van der Waals surface area contributed by atoms with Crippen molar-refractivity contribution in [2.24, 2.45) is 17.3 Å². The number of ketones is 1. The number of carbonyl (C=O) groups is 2. The summed E-state index contributed by atoms with van der Waals surface area (Å²) in [5, 5.41) is 0. The number of hydrogen-bond donors (Lipinski definition) is 2. The van der Waals surface area contributed by atoms with Crippen LogP contribution in [-0.4, -0.2) is 22.7 Å². The summed E-state index contributed by atoms with van der Waals surface area (Å²) in [4.78, 5) is 28.6. The van der Waals surface area contributed by atoms with Crippen LogP contribution in [0, 0.1) is 17.3 Å². The average Bonchev–Trinajstić information content (AvgIpc) is 2.52. The fourth-order valence-corrected chi connectivity index (χ4v) is 3.51. The summed E-state index contributed by atoms with van der Waals surface area (Å²) in [6.45, 7) is 8.31. The molecule has 130 valence electrons. The largest absolute Gasteiger partial charge is 0.299 e. The first-order valence-electron chi connectivity index (χ1n) is 8.46. The van der Waals surface area contributed by atoms with Crippen LogP contribution in [0.1, 0.15) is 50.9 Å². The third-order valence-corrected chi connectivity index (χ3v) is 4.68. The van der Waals surface area contributed by atoms with Crippen LogP contribution >= 0.6 is 0 Å². The highest BCUT2D eigenvalue weighted by atomic mass is 16.2. The molecule has 0 saturated heterocycles. The van der Waals surface area contributed by atoms with Gasteiger partial charge in [0.05, 0.1) is 0 Å². The average molecular weight is 329 g/mol. The molecule has 1 aliphatic rings. The van der Waals surface area contributed by atoms with Gasteiger partial charge in [-0.25, -0.2) is 5.43 Å². The lowest BCUT2D eigenvalue weighted by Gasteiger charge is -2.39. The van der Waals surface area contributed by atoms with E-state index < -0.39 is 0 Å². The zero-order valence-corrected chi connectivity index (χ0v) is 14.9. The molecule has 24 heavy (non-hydrogen) atoms. The Morgan fingerprint density at radius 1 is 1.33 bits per heavy atom. The van der Waals surface area contributed by atoms with Crippen LogP contribution in [-0.2, 0) is 4.79 Å². The van der Waals surface area contributed by atoms with Crippen molar-refractivity contribution in [2.75, 3.05) is 0 Å². The quantitative estimate of drug-likeness (QED) is 0.622. The molecule has 1 aromatic heterocycles. The Hall–Kier alpha value is -2.01. The smallest absolute Gasteiger partial charge is 0.265 e. The zero-order chi connectivity index (χ0) is 17.7. The van der Waals surface area contributed by atoms with E-state index in [1.165, 1.54) is 0 Å². The summed E-state index contributed by atoms with van der Waals surface area (Å²) in [7, 11) is 0. The van der Waals surface area contributed by atoms with E-state index >= 15 is 0 Å². The van der Waals surface area contributed by atoms with Gasteiger partial charge in [-0.1, -0.05) is 32.9 Å². The van der Waals surface area contributed by atoms with E-state index in [9.17, 15) is 9.59 Å². The van der Waals surface area contributed by atoms with Crippen molar-refractivity contribution in [1.29, 1.82) is 0 Å². The third-order valence-electron chi connectivity index (χ3n) is 4.68. The first kappa shape index (κ1) is 18.3. The predicted molar refractivity (Wildman–Crippen MR) is 94.1 cm³/mol. The fraction of sp³-hybridized carbons (Fsp3) is 0.526.